The molecule has 1 aromatic carbocycles. The highest BCUT2D eigenvalue weighted by atomic mass is 16.2. The van der Waals surface area contributed by atoms with Crippen molar-refractivity contribution in [1.29, 1.82) is 5.26 Å². The number of hydrogen-bond donors (Lipinski definition) is 1. The Hall–Kier alpha value is -2.68. The van der Waals surface area contributed by atoms with Crippen LogP contribution in [-0.2, 0) is 9.59 Å². The minimum absolute atomic E-state index is 0.332. The highest BCUT2D eigenvalue weighted by Gasteiger charge is 2.31. The zero-order valence-electron chi connectivity index (χ0n) is 8.64. The summed E-state index contributed by atoms with van der Waals surface area (Å²) >= 11 is 0. The van der Waals surface area contributed by atoms with Crippen molar-refractivity contribution in [2.24, 2.45) is 0 Å². The van der Waals surface area contributed by atoms with Crippen molar-refractivity contribution >= 4 is 23.5 Å². The number of imide groups is 2. The number of rotatable bonds is 1. The summed E-state index contributed by atoms with van der Waals surface area (Å²) < 4.78 is 0. The number of nitrogens with one attached hydrogen (secondary N) is 1. The van der Waals surface area contributed by atoms with Crippen molar-refractivity contribution in [1.82, 2.24) is 5.32 Å². The van der Waals surface area contributed by atoms with Crippen LogP contribution in [0.4, 0.5) is 10.5 Å². The molecule has 1 aliphatic heterocycles. The molecule has 0 aromatic heterocycles. The van der Waals surface area contributed by atoms with Crippen LogP contribution in [0, 0.1) is 11.3 Å². The van der Waals surface area contributed by atoms with Crippen LogP contribution in [0.1, 0.15) is 12.0 Å². The molecule has 2 rings (SSSR count). The highest BCUT2D eigenvalue weighted by Crippen LogP contribution is 2.18. The fourth-order valence-electron chi connectivity index (χ4n) is 1.50. The molecule has 84 valence electrons. The Balaban J connectivity index is 2.32. The number of hydrogen-bond acceptors (Lipinski definition) is 4. The second kappa shape index (κ2) is 4.06. The molecule has 17 heavy (non-hydrogen) atoms. The van der Waals surface area contributed by atoms with Crippen LogP contribution in [-0.4, -0.2) is 17.8 Å². The van der Waals surface area contributed by atoms with Gasteiger partial charge in [-0.05, 0) is 24.3 Å². The molecule has 1 fully saturated rings. The first kappa shape index (κ1) is 10.8. The van der Waals surface area contributed by atoms with E-state index in [1.54, 1.807) is 0 Å². The minimum atomic E-state index is -0.768. The molecule has 0 atom stereocenters. The van der Waals surface area contributed by atoms with Gasteiger partial charge in [0.05, 0.1) is 17.3 Å². The Morgan fingerprint density at radius 1 is 1.18 bits per heavy atom. The number of nitriles is 1. The maximum absolute atomic E-state index is 11.5. The number of nitrogens with zero attached hydrogens (tertiary/aromatic N) is 2. The molecule has 1 aromatic rings. The molecule has 6 heteroatoms. The van der Waals surface area contributed by atoms with Gasteiger partial charge in [0, 0.05) is 0 Å². The van der Waals surface area contributed by atoms with E-state index in [0.29, 0.717) is 11.3 Å². The Labute approximate surface area is 96.4 Å². The van der Waals surface area contributed by atoms with E-state index in [0.717, 1.165) is 4.90 Å². The van der Waals surface area contributed by atoms with Crippen LogP contribution >= 0.6 is 0 Å². The van der Waals surface area contributed by atoms with Crippen molar-refractivity contribution in [2.45, 2.75) is 6.42 Å². The topological polar surface area (TPSA) is 90.3 Å². The van der Waals surface area contributed by atoms with Gasteiger partial charge in [0.25, 0.3) is 0 Å². The third-order valence-corrected chi connectivity index (χ3v) is 2.27. The Kier molecular flexibility index (Phi) is 2.58. The number of urea groups is 1. The SMILES string of the molecule is N#Cc1ccc(N2C(=O)CC(=O)NC2=O)cc1. The number of carbonyl (C=O) groups is 3. The predicted octanol–water partition coefficient (Wildman–Crippen LogP) is 0.531. The van der Waals surface area contributed by atoms with Crippen LogP contribution in [0.5, 0.6) is 0 Å². The van der Waals surface area contributed by atoms with Gasteiger partial charge in [-0.3, -0.25) is 14.9 Å². The average molecular weight is 229 g/mol. The minimum Gasteiger partial charge on any atom is -0.277 e. The normalized spacial score (nSPS) is 15.5. The fraction of sp³-hybridized carbons (Fsp3) is 0.0909. The van der Waals surface area contributed by atoms with Crippen LogP contribution in [0.25, 0.3) is 0 Å². The third kappa shape index (κ3) is 1.99. The van der Waals surface area contributed by atoms with Crippen molar-refractivity contribution in [3.05, 3.63) is 29.8 Å². The fourth-order valence-corrected chi connectivity index (χ4v) is 1.50. The average Bonchev–Trinajstić information content (AvgIpc) is 2.28. The molecular weight excluding hydrogens is 222 g/mol. The lowest BCUT2D eigenvalue weighted by Crippen LogP contribution is -2.52. The standard InChI is InChI=1S/C11H7N3O3/c12-6-7-1-3-8(4-2-7)14-10(16)5-9(15)13-11(14)17/h1-4H,5H2,(H,13,15,17). The van der Waals surface area contributed by atoms with Gasteiger partial charge in [-0.1, -0.05) is 0 Å². The summed E-state index contributed by atoms with van der Waals surface area (Å²) in [6.45, 7) is 0. The highest BCUT2D eigenvalue weighted by molar-refractivity contribution is 6.26. The monoisotopic (exact) mass is 229 g/mol. The van der Waals surface area contributed by atoms with Gasteiger partial charge >= 0.3 is 6.03 Å². The molecule has 0 spiro atoms. The first-order valence-electron chi connectivity index (χ1n) is 4.79. The molecule has 6 nitrogen and oxygen atoms in total. The van der Waals surface area contributed by atoms with Crippen LogP contribution in [0.15, 0.2) is 24.3 Å². The quantitative estimate of drug-likeness (QED) is 0.711. The largest absolute Gasteiger partial charge is 0.335 e. The van der Waals surface area contributed by atoms with E-state index in [-0.39, 0.29) is 6.42 Å². The summed E-state index contributed by atoms with van der Waals surface area (Å²) in [4.78, 5) is 34.8. The number of benzene rings is 1. The lowest BCUT2D eigenvalue weighted by molar-refractivity contribution is -0.128. The summed E-state index contributed by atoms with van der Waals surface area (Å²) in [6.07, 6.45) is -0.355. The van der Waals surface area contributed by atoms with E-state index in [1.807, 2.05) is 11.4 Å². The van der Waals surface area contributed by atoms with E-state index in [2.05, 4.69) is 0 Å². The van der Waals surface area contributed by atoms with Gasteiger partial charge in [-0.15, -0.1) is 0 Å². The van der Waals surface area contributed by atoms with Crippen molar-refractivity contribution < 1.29 is 14.4 Å². The van der Waals surface area contributed by atoms with E-state index in [4.69, 9.17) is 5.26 Å². The summed E-state index contributed by atoms with van der Waals surface area (Å²) in [5, 5.41) is 10.7. The molecule has 1 N–H and O–H groups in total. The lowest BCUT2D eigenvalue weighted by Gasteiger charge is -2.24. The van der Waals surface area contributed by atoms with Crippen LogP contribution in [0.3, 0.4) is 0 Å². The molecular formula is C11H7N3O3. The van der Waals surface area contributed by atoms with E-state index in [1.165, 1.54) is 24.3 Å². The number of barbiturate groups is 1. The summed E-state index contributed by atoms with van der Waals surface area (Å²) in [5.74, 6) is -1.19. The number of anilines is 1. The number of amides is 4. The summed E-state index contributed by atoms with van der Waals surface area (Å²) in [7, 11) is 0. The second-order valence-corrected chi connectivity index (χ2v) is 3.42. The zero-order chi connectivity index (χ0) is 12.4. The van der Waals surface area contributed by atoms with Gasteiger partial charge in [0.2, 0.25) is 11.8 Å². The summed E-state index contributed by atoms with van der Waals surface area (Å²) in [5.41, 5.74) is 0.758. The van der Waals surface area contributed by atoms with Gasteiger partial charge in [-0.25, -0.2) is 9.69 Å². The third-order valence-electron chi connectivity index (χ3n) is 2.27. The van der Waals surface area contributed by atoms with E-state index in [9.17, 15) is 14.4 Å². The Morgan fingerprint density at radius 3 is 2.35 bits per heavy atom. The molecule has 4 amide bonds. The first-order valence-corrected chi connectivity index (χ1v) is 4.79. The molecule has 1 heterocycles. The van der Waals surface area contributed by atoms with Gasteiger partial charge in [0.1, 0.15) is 6.42 Å². The molecule has 1 saturated heterocycles. The maximum atomic E-state index is 11.5. The van der Waals surface area contributed by atoms with Crippen LogP contribution in [0.2, 0.25) is 0 Å². The van der Waals surface area contributed by atoms with Gasteiger partial charge in [-0.2, -0.15) is 5.26 Å². The lowest BCUT2D eigenvalue weighted by atomic mass is 10.2. The van der Waals surface area contributed by atoms with E-state index < -0.39 is 17.8 Å². The smallest absolute Gasteiger partial charge is 0.277 e. The summed E-state index contributed by atoms with van der Waals surface area (Å²) in [6, 6.07) is 7.10. The second-order valence-electron chi connectivity index (χ2n) is 3.42. The number of carbonyl (C=O) groups excluding carboxylic acids is 3. The van der Waals surface area contributed by atoms with Crippen molar-refractivity contribution in [3.8, 4) is 6.07 Å². The van der Waals surface area contributed by atoms with E-state index >= 15 is 0 Å². The van der Waals surface area contributed by atoms with Crippen molar-refractivity contribution in [3.63, 3.8) is 0 Å². The zero-order valence-corrected chi connectivity index (χ0v) is 8.64. The molecule has 0 bridgehead atoms. The molecule has 0 radical (unpaired) electrons. The Morgan fingerprint density at radius 2 is 1.82 bits per heavy atom. The molecule has 0 saturated carbocycles. The molecule has 0 unspecified atom stereocenters. The molecule has 1 aliphatic rings. The first-order chi connectivity index (χ1) is 8.11. The Bertz CT molecular complexity index is 522. The maximum Gasteiger partial charge on any atom is 0.335 e. The molecule has 0 aliphatic carbocycles. The van der Waals surface area contributed by atoms with Crippen LogP contribution < -0.4 is 10.2 Å². The van der Waals surface area contributed by atoms with Gasteiger partial charge in [0.15, 0.2) is 0 Å². The predicted molar refractivity (Wildman–Crippen MR) is 56.8 cm³/mol. The van der Waals surface area contributed by atoms with Crippen molar-refractivity contribution in [2.75, 3.05) is 4.90 Å². The van der Waals surface area contributed by atoms with Gasteiger partial charge < -0.3 is 0 Å².